The van der Waals surface area contributed by atoms with E-state index in [0.717, 1.165) is 10.8 Å². The Hall–Kier alpha value is -1.78. The fraction of sp³-hybridized carbons (Fsp3) is 0. The molecule has 0 radical (unpaired) electrons. The predicted octanol–water partition coefficient (Wildman–Crippen LogP) is 3.25. The Morgan fingerprint density at radius 2 is 1.72 bits per heavy atom. The van der Waals surface area contributed by atoms with E-state index in [0.29, 0.717) is 26.8 Å². The Kier molecular flexibility index (Phi) is 2.43. The Morgan fingerprint density at radius 3 is 2.50 bits per heavy atom. The van der Waals surface area contributed by atoms with Crippen molar-refractivity contribution in [2.75, 3.05) is 11.5 Å². The number of fused-ring (bicyclic) bond motifs is 3. The first-order valence-corrected chi connectivity index (χ1v) is 5.92. The minimum atomic E-state index is 0.146. The molecule has 0 fully saturated rings. The summed E-state index contributed by atoms with van der Waals surface area (Å²) in [4.78, 5) is 8.12. The van der Waals surface area contributed by atoms with Gasteiger partial charge in [-0.2, -0.15) is 4.98 Å². The van der Waals surface area contributed by atoms with Gasteiger partial charge in [0.2, 0.25) is 5.95 Å². The molecular weight excluding hydrogens is 271 g/mol. The molecule has 0 saturated heterocycles. The van der Waals surface area contributed by atoms with Crippen LogP contribution < -0.4 is 11.5 Å². The molecule has 0 aliphatic carbocycles. The van der Waals surface area contributed by atoms with Crippen molar-refractivity contribution in [1.82, 2.24) is 9.97 Å². The second-order valence-electron chi connectivity index (χ2n) is 3.91. The monoisotopic (exact) mass is 278 g/mol. The molecule has 0 saturated carbocycles. The number of anilines is 2. The van der Waals surface area contributed by atoms with Crippen molar-refractivity contribution in [3.8, 4) is 0 Å². The molecule has 0 aliphatic heterocycles. The van der Waals surface area contributed by atoms with Gasteiger partial charge in [-0.1, -0.05) is 29.3 Å². The van der Waals surface area contributed by atoms with Gasteiger partial charge in [-0.05, 0) is 23.6 Å². The average molecular weight is 279 g/mol. The zero-order valence-electron chi connectivity index (χ0n) is 9.11. The number of hydrogen-bond donors (Lipinski definition) is 2. The number of aromatic nitrogens is 2. The lowest BCUT2D eigenvalue weighted by atomic mass is 10.1. The summed E-state index contributed by atoms with van der Waals surface area (Å²) in [6.07, 6.45) is 0. The van der Waals surface area contributed by atoms with Crippen LogP contribution in [0.25, 0.3) is 21.7 Å². The molecule has 0 amide bonds. The summed E-state index contributed by atoms with van der Waals surface area (Å²) >= 11 is 12.2. The fourth-order valence-corrected chi connectivity index (χ4v) is 2.59. The van der Waals surface area contributed by atoms with Crippen LogP contribution in [-0.4, -0.2) is 9.97 Å². The number of nitrogens with zero attached hydrogens (tertiary/aromatic N) is 2. The van der Waals surface area contributed by atoms with Gasteiger partial charge in [0, 0.05) is 15.4 Å². The zero-order chi connectivity index (χ0) is 12.9. The molecule has 18 heavy (non-hydrogen) atoms. The van der Waals surface area contributed by atoms with Gasteiger partial charge in [0.25, 0.3) is 0 Å². The fourth-order valence-electron chi connectivity index (χ4n) is 2.03. The molecule has 1 aromatic heterocycles. The molecule has 4 N–H and O–H groups in total. The molecule has 4 nitrogen and oxygen atoms in total. The van der Waals surface area contributed by atoms with E-state index in [4.69, 9.17) is 34.7 Å². The molecule has 0 spiro atoms. The van der Waals surface area contributed by atoms with E-state index in [1.807, 2.05) is 12.1 Å². The van der Waals surface area contributed by atoms with Crippen molar-refractivity contribution in [3.63, 3.8) is 0 Å². The molecule has 6 heteroatoms. The molecule has 0 aliphatic rings. The van der Waals surface area contributed by atoms with Crippen molar-refractivity contribution >= 4 is 56.6 Å². The Morgan fingerprint density at radius 1 is 0.944 bits per heavy atom. The van der Waals surface area contributed by atoms with Crippen LogP contribution in [0.1, 0.15) is 0 Å². The average Bonchev–Trinajstić information content (AvgIpc) is 2.26. The van der Waals surface area contributed by atoms with Crippen LogP contribution in [0.5, 0.6) is 0 Å². The van der Waals surface area contributed by atoms with Crippen molar-refractivity contribution in [3.05, 3.63) is 34.3 Å². The third-order valence-electron chi connectivity index (χ3n) is 2.75. The molecule has 1 heterocycles. The standard InChI is InChI=1S/C12H8Cl2N4/c13-5-3-7-6(8(14)4-5)1-2-9-10(7)11(15)18-12(16)17-9/h1-4H,(H4,15,16,17,18). The van der Waals surface area contributed by atoms with Crippen molar-refractivity contribution < 1.29 is 0 Å². The summed E-state index contributed by atoms with van der Waals surface area (Å²) in [5.74, 6) is 0.467. The highest BCUT2D eigenvalue weighted by Gasteiger charge is 2.10. The summed E-state index contributed by atoms with van der Waals surface area (Å²) in [6, 6.07) is 7.15. The van der Waals surface area contributed by atoms with Crippen molar-refractivity contribution in [2.24, 2.45) is 0 Å². The number of nitrogens with two attached hydrogens (primary N) is 2. The molecule has 0 atom stereocenters. The normalized spacial score (nSPS) is 11.2. The van der Waals surface area contributed by atoms with E-state index in [9.17, 15) is 0 Å². The van der Waals surface area contributed by atoms with Crippen molar-refractivity contribution in [2.45, 2.75) is 0 Å². The van der Waals surface area contributed by atoms with Crippen LogP contribution in [0.15, 0.2) is 24.3 Å². The van der Waals surface area contributed by atoms with Gasteiger partial charge in [-0.3, -0.25) is 0 Å². The summed E-state index contributed by atoms with van der Waals surface area (Å²) in [5.41, 5.74) is 12.2. The molecule has 3 aromatic rings. The van der Waals surface area contributed by atoms with Crippen LogP contribution in [0.2, 0.25) is 10.0 Å². The number of rotatable bonds is 0. The maximum atomic E-state index is 6.16. The molecular formula is C12H8Cl2N4. The van der Waals surface area contributed by atoms with E-state index >= 15 is 0 Å². The van der Waals surface area contributed by atoms with Crippen LogP contribution in [0.4, 0.5) is 11.8 Å². The highest BCUT2D eigenvalue weighted by atomic mass is 35.5. The summed E-state index contributed by atoms with van der Waals surface area (Å²) in [7, 11) is 0. The SMILES string of the molecule is Nc1nc(N)c2c(ccc3c(Cl)cc(Cl)cc32)n1. The number of nitrogen functional groups attached to an aromatic ring is 2. The predicted molar refractivity (Wildman–Crippen MR) is 75.9 cm³/mol. The third-order valence-corrected chi connectivity index (χ3v) is 3.28. The van der Waals surface area contributed by atoms with Gasteiger partial charge < -0.3 is 11.5 Å². The van der Waals surface area contributed by atoms with Crippen LogP contribution >= 0.6 is 23.2 Å². The second-order valence-corrected chi connectivity index (χ2v) is 4.75. The summed E-state index contributed by atoms with van der Waals surface area (Å²) in [6.45, 7) is 0. The highest BCUT2D eigenvalue weighted by Crippen LogP contribution is 2.34. The molecule has 90 valence electrons. The van der Waals surface area contributed by atoms with Gasteiger partial charge in [0.15, 0.2) is 0 Å². The van der Waals surface area contributed by atoms with Gasteiger partial charge in [0.1, 0.15) is 5.82 Å². The Bertz CT molecular complexity index is 786. The smallest absolute Gasteiger partial charge is 0.222 e. The van der Waals surface area contributed by atoms with Crippen LogP contribution in [0, 0.1) is 0 Å². The van der Waals surface area contributed by atoms with Crippen LogP contribution in [0.3, 0.4) is 0 Å². The molecule has 0 unspecified atom stereocenters. The van der Waals surface area contributed by atoms with Crippen molar-refractivity contribution in [1.29, 1.82) is 0 Å². The third kappa shape index (κ3) is 1.62. The molecule has 2 aromatic carbocycles. The summed E-state index contributed by atoms with van der Waals surface area (Å²) < 4.78 is 0. The maximum Gasteiger partial charge on any atom is 0.222 e. The van der Waals surface area contributed by atoms with E-state index in [2.05, 4.69) is 9.97 Å². The first kappa shape index (κ1) is 11.3. The van der Waals surface area contributed by atoms with Gasteiger partial charge >= 0.3 is 0 Å². The van der Waals surface area contributed by atoms with Gasteiger partial charge in [0.05, 0.1) is 10.9 Å². The largest absolute Gasteiger partial charge is 0.383 e. The minimum Gasteiger partial charge on any atom is -0.383 e. The van der Waals surface area contributed by atoms with Crippen LogP contribution in [-0.2, 0) is 0 Å². The highest BCUT2D eigenvalue weighted by molar-refractivity contribution is 6.39. The van der Waals surface area contributed by atoms with E-state index in [-0.39, 0.29) is 5.95 Å². The van der Waals surface area contributed by atoms with Gasteiger partial charge in [-0.15, -0.1) is 0 Å². The first-order chi connectivity index (χ1) is 8.56. The quantitative estimate of drug-likeness (QED) is 0.619. The number of halogens is 2. The number of benzene rings is 2. The topological polar surface area (TPSA) is 77.8 Å². The summed E-state index contributed by atoms with van der Waals surface area (Å²) in [5, 5.41) is 3.49. The second kappa shape index (κ2) is 3.86. The Balaban J connectivity index is 2.60. The zero-order valence-corrected chi connectivity index (χ0v) is 10.6. The first-order valence-electron chi connectivity index (χ1n) is 5.17. The minimum absolute atomic E-state index is 0.146. The lowest BCUT2D eigenvalue weighted by Gasteiger charge is -2.08. The van der Waals surface area contributed by atoms with E-state index in [1.54, 1.807) is 12.1 Å². The number of hydrogen-bond acceptors (Lipinski definition) is 4. The lowest BCUT2D eigenvalue weighted by molar-refractivity contribution is 1.25. The lowest BCUT2D eigenvalue weighted by Crippen LogP contribution is -2.00. The van der Waals surface area contributed by atoms with E-state index in [1.165, 1.54) is 0 Å². The maximum absolute atomic E-state index is 6.16. The van der Waals surface area contributed by atoms with Gasteiger partial charge in [-0.25, -0.2) is 4.98 Å². The molecule has 3 rings (SSSR count). The van der Waals surface area contributed by atoms with E-state index < -0.39 is 0 Å². The molecule has 0 bridgehead atoms. The Labute approximate surface area is 113 Å².